The Morgan fingerprint density at radius 2 is 1.79 bits per heavy atom. The van der Waals surface area contributed by atoms with Gasteiger partial charge in [-0.05, 0) is 42.2 Å². The minimum Gasteiger partial charge on any atom is -0.359 e. The van der Waals surface area contributed by atoms with Crippen molar-refractivity contribution in [3.05, 3.63) is 70.3 Å². The third-order valence-corrected chi connectivity index (χ3v) is 5.68. The molecule has 2 aromatic rings. The summed E-state index contributed by atoms with van der Waals surface area (Å²) in [6.07, 6.45) is -4.05. The molecule has 0 aliphatic carbocycles. The summed E-state index contributed by atoms with van der Waals surface area (Å²) in [7, 11) is 0. The Balaban J connectivity index is 1.60. The number of fused-ring (bicyclic) bond motifs is 2. The number of rotatable bonds is 3. The number of carbonyl (C=O) groups is 1. The topological polar surface area (TPSA) is 44.7 Å². The van der Waals surface area contributed by atoms with E-state index in [2.05, 4.69) is 10.3 Å². The first kappa shape index (κ1) is 19.5. The van der Waals surface area contributed by atoms with Gasteiger partial charge in [-0.3, -0.25) is 9.79 Å². The van der Waals surface area contributed by atoms with Crippen LogP contribution >= 0.6 is 0 Å². The van der Waals surface area contributed by atoms with Crippen molar-refractivity contribution < 1.29 is 18.0 Å². The highest BCUT2D eigenvalue weighted by atomic mass is 19.4. The van der Waals surface area contributed by atoms with E-state index in [0.29, 0.717) is 25.1 Å². The van der Waals surface area contributed by atoms with Gasteiger partial charge in [0.25, 0.3) is 0 Å². The highest BCUT2D eigenvalue weighted by Crippen LogP contribution is 2.32. The van der Waals surface area contributed by atoms with E-state index in [1.807, 2.05) is 54.3 Å². The lowest BCUT2D eigenvalue weighted by atomic mass is 9.92. The van der Waals surface area contributed by atoms with Gasteiger partial charge in [0.15, 0.2) is 0 Å². The van der Waals surface area contributed by atoms with Gasteiger partial charge in [-0.1, -0.05) is 36.4 Å². The molecule has 0 saturated carbocycles. The third-order valence-electron chi connectivity index (χ3n) is 5.68. The van der Waals surface area contributed by atoms with E-state index < -0.39 is 12.2 Å². The number of carbonyl (C=O) groups excluding carboxylic acids is 1. The molecule has 0 saturated heterocycles. The fourth-order valence-corrected chi connectivity index (χ4v) is 3.86. The first-order valence-corrected chi connectivity index (χ1v) is 9.61. The van der Waals surface area contributed by atoms with E-state index in [1.54, 1.807) is 0 Å². The molecule has 29 heavy (non-hydrogen) atoms. The summed E-state index contributed by atoms with van der Waals surface area (Å²) < 4.78 is 38.8. The van der Waals surface area contributed by atoms with E-state index in [-0.39, 0.29) is 17.8 Å². The van der Waals surface area contributed by atoms with Crippen LogP contribution in [0, 0.1) is 0 Å². The molecule has 1 N–H and O–H groups in total. The SMILES string of the molecule is C[C@H](c1ccccc1)N1Cc2cc3c(cc2CC1=O)CN=C3N[C@@H](C)C(F)(F)F. The second-order valence-electron chi connectivity index (χ2n) is 7.64. The number of nitrogens with one attached hydrogen (secondary N) is 1. The number of amides is 1. The Morgan fingerprint density at radius 3 is 2.48 bits per heavy atom. The fourth-order valence-electron chi connectivity index (χ4n) is 3.86. The highest BCUT2D eigenvalue weighted by molar-refractivity contribution is 6.02. The second-order valence-corrected chi connectivity index (χ2v) is 7.64. The summed E-state index contributed by atoms with van der Waals surface area (Å²) in [6, 6.07) is 11.8. The van der Waals surface area contributed by atoms with Crippen molar-refractivity contribution in [3.63, 3.8) is 0 Å². The lowest BCUT2D eigenvalue weighted by molar-refractivity contribution is -0.147. The van der Waals surface area contributed by atoms with Gasteiger partial charge in [-0.15, -0.1) is 0 Å². The Hall–Kier alpha value is -2.83. The number of aliphatic imine (C=N–C) groups is 1. The standard InChI is InChI=1S/C22H22F3N3O/c1-13(15-6-4-3-5-7-15)28-12-18-9-19-17(8-16(18)10-20(28)29)11-26-21(19)27-14(2)22(23,24)25/h3-9,13-14H,10-12H2,1-2H3,(H,26,27)/t13-,14+/m1/s1. The smallest absolute Gasteiger partial charge is 0.359 e. The summed E-state index contributed by atoms with van der Waals surface area (Å²) in [5.41, 5.74) is 4.50. The molecule has 2 aliphatic rings. The molecule has 7 heteroatoms. The average Bonchev–Trinajstić information content (AvgIpc) is 3.07. The van der Waals surface area contributed by atoms with Crippen molar-refractivity contribution in [2.24, 2.45) is 4.99 Å². The van der Waals surface area contributed by atoms with Gasteiger partial charge in [0, 0.05) is 12.1 Å². The highest BCUT2D eigenvalue weighted by Gasteiger charge is 2.37. The van der Waals surface area contributed by atoms with Gasteiger partial charge >= 0.3 is 6.18 Å². The lowest BCUT2D eigenvalue weighted by Gasteiger charge is -2.34. The molecule has 2 atom stereocenters. The van der Waals surface area contributed by atoms with Gasteiger partial charge < -0.3 is 10.2 Å². The van der Waals surface area contributed by atoms with Gasteiger partial charge in [0.05, 0.1) is 19.0 Å². The number of nitrogens with zero attached hydrogens (tertiary/aromatic N) is 2. The maximum Gasteiger partial charge on any atom is 0.408 e. The van der Waals surface area contributed by atoms with Crippen molar-refractivity contribution in [1.82, 2.24) is 10.2 Å². The quantitative estimate of drug-likeness (QED) is 0.841. The van der Waals surface area contributed by atoms with E-state index in [1.165, 1.54) is 0 Å². The molecule has 2 aliphatic heterocycles. The van der Waals surface area contributed by atoms with Crippen molar-refractivity contribution in [2.45, 2.75) is 51.6 Å². The zero-order valence-electron chi connectivity index (χ0n) is 16.3. The molecule has 0 fully saturated rings. The van der Waals surface area contributed by atoms with Crippen LogP contribution in [-0.4, -0.2) is 28.9 Å². The van der Waals surface area contributed by atoms with Crippen molar-refractivity contribution >= 4 is 11.7 Å². The Kier molecular flexibility index (Phi) is 4.84. The Bertz CT molecular complexity index is 969. The molecular formula is C22H22F3N3O. The molecule has 0 spiro atoms. The van der Waals surface area contributed by atoms with Crippen LogP contribution in [-0.2, 0) is 24.3 Å². The van der Waals surface area contributed by atoms with Crippen LogP contribution in [0.3, 0.4) is 0 Å². The zero-order valence-corrected chi connectivity index (χ0v) is 16.3. The Labute approximate surface area is 167 Å². The van der Waals surface area contributed by atoms with Crippen LogP contribution in [0.5, 0.6) is 0 Å². The van der Waals surface area contributed by atoms with E-state index in [0.717, 1.165) is 29.2 Å². The lowest BCUT2D eigenvalue weighted by Crippen LogP contribution is -2.43. The van der Waals surface area contributed by atoms with Crippen molar-refractivity contribution in [3.8, 4) is 0 Å². The van der Waals surface area contributed by atoms with Crippen LogP contribution in [0.15, 0.2) is 47.5 Å². The van der Waals surface area contributed by atoms with Gasteiger partial charge in [0.1, 0.15) is 11.9 Å². The molecule has 1 amide bonds. The number of hydrogen-bond donors (Lipinski definition) is 1. The number of benzene rings is 2. The number of hydrogen-bond acceptors (Lipinski definition) is 3. The third kappa shape index (κ3) is 3.73. The molecule has 2 heterocycles. The number of alkyl halides is 3. The molecule has 152 valence electrons. The summed E-state index contributed by atoms with van der Waals surface area (Å²) in [5, 5.41) is 2.49. The molecule has 0 unspecified atom stereocenters. The maximum absolute atomic E-state index is 12.9. The molecule has 0 aromatic heterocycles. The average molecular weight is 401 g/mol. The van der Waals surface area contributed by atoms with Crippen molar-refractivity contribution in [1.29, 1.82) is 0 Å². The van der Waals surface area contributed by atoms with Gasteiger partial charge in [-0.2, -0.15) is 13.2 Å². The summed E-state index contributed by atoms with van der Waals surface area (Å²) in [4.78, 5) is 18.8. The van der Waals surface area contributed by atoms with Crippen LogP contribution in [0.1, 0.15) is 47.7 Å². The summed E-state index contributed by atoms with van der Waals surface area (Å²) in [6.45, 7) is 3.83. The molecule has 4 rings (SSSR count). The van der Waals surface area contributed by atoms with Gasteiger partial charge in [-0.25, -0.2) is 0 Å². The Morgan fingerprint density at radius 1 is 1.07 bits per heavy atom. The van der Waals surface area contributed by atoms with E-state index in [4.69, 9.17) is 0 Å². The van der Waals surface area contributed by atoms with E-state index in [9.17, 15) is 18.0 Å². The fraction of sp³-hybridized carbons (Fsp3) is 0.364. The number of halogens is 3. The minimum absolute atomic E-state index is 0.0526. The predicted octanol–water partition coefficient (Wildman–Crippen LogP) is 4.13. The monoisotopic (exact) mass is 401 g/mol. The minimum atomic E-state index is -4.34. The molecular weight excluding hydrogens is 379 g/mol. The maximum atomic E-state index is 12.9. The van der Waals surface area contributed by atoms with Crippen LogP contribution in [0.2, 0.25) is 0 Å². The molecule has 0 bridgehead atoms. The largest absolute Gasteiger partial charge is 0.408 e. The second kappa shape index (κ2) is 7.21. The van der Waals surface area contributed by atoms with E-state index >= 15 is 0 Å². The van der Waals surface area contributed by atoms with Gasteiger partial charge in [0.2, 0.25) is 5.91 Å². The number of amidine groups is 1. The van der Waals surface area contributed by atoms with Crippen LogP contribution in [0.4, 0.5) is 13.2 Å². The van der Waals surface area contributed by atoms with Crippen LogP contribution in [0.25, 0.3) is 0 Å². The first-order valence-electron chi connectivity index (χ1n) is 9.61. The molecule has 0 radical (unpaired) electrons. The normalized spacial score (nSPS) is 18.0. The zero-order chi connectivity index (χ0) is 20.8. The predicted molar refractivity (Wildman–Crippen MR) is 104 cm³/mol. The molecule has 2 aromatic carbocycles. The molecule has 4 nitrogen and oxygen atoms in total. The first-order chi connectivity index (χ1) is 13.7. The van der Waals surface area contributed by atoms with Crippen molar-refractivity contribution in [2.75, 3.05) is 0 Å². The van der Waals surface area contributed by atoms with Crippen LogP contribution < -0.4 is 5.32 Å². The summed E-state index contributed by atoms with van der Waals surface area (Å²) >= 11 is 0. The summed E-state index contributed by atoms with van der Waals surface area (Å²) in [5.74, 6) is 0.323.